The molecule has 8 heteroatoms. The highest BCUT2D eigenvalue weighted by atomic mass is 32.2. The second-order valence-corrected chi connectivity index (χ2v) is 10.1. The molecule has 0 amide bonds. The minimum absolute atomic E-state index is 0.00327. The van der Waals surface area contributed by atoms with Crippen LogP contribution in [-0.4, -0.2) is 42.9 Å². The van der Waals surface area contributed by atoms with E-state index in [1.807, 2.05) is 55.5 Å². The van der Waals surface area contributed by atoms with Gasteiger partial charge >= 0.3 is 0 Å². The van der Waals surface area contributed by atoms with E-state index >= 15 is 0 Å². The van der Waals surface area contributed by atoms with Gasteiger partial charge in [0.1, 0.15) is 24.3 Å². The third kappa shape index (κ3) is 5.72. The predicted molar refractivity (Wildman–Crippen MR) is 136 cm³/mol. The molecule has 1 aromatic heterocycles. The van der Waals surface area contributed by atoms with Crippen LogP contribution in [0.1, 0.15) is 18.3 Å². The maximum atomic E-state index is 13.0. The SMILES string of the molecule is CC=Cc1ccc(OCC(O)Cn2c(CS(=O)(=O)c3ccccc3)nc3ccccc32)c(OC)c1. The Morgan fingerprint density at radius 2 is 1.77 bits per heavy atom. The average molecular weight is 493 g/mol. The van der Waals surface area contributed by atoms with Crippen LogP contribution in [0.2, 0.25) is 0 Å². The van der Waals surface area contributed by atoms with Crippen LogP contribution < -0.4 is 9.47 Å². The fraction of sp³-hybridized carbons (Fsp3) is 0.222. The molecule has 1 atom stereocenters. The Labute approximate surface area is 205 Å². The number of fused-ring (bicyclic) bond motifs is 1. The lowest BCUT2D eigenvalue weighted by Gasteiger charge is -2.17. The van der Waals surface area contributed by atoms with Gasteiger partial charge in [0.2, 0.25) is 0 Å². The van der Waals surface area contributed by atoms with E-state index in [9.17, 15) is 13.5 Å². The van der Waals surface area contributed by atoms with Crippen LogP contribution in [0.15, 0.2) is 83.8 Å². The van der Waals surface area contributed by atoms with Crippen molar-refractivity contribution in [3.8, 4) is 11.5 Å². The summed E-state index contributed by atoms with van der Waals surface area (Å²) in [6, 6.07) is 21.2. The molecular weight excluding hydrogens is 464 g/mol. The molecule has 35 heavy (non-hydrogen) atoms. The van der Waals surface area contributed by atoms with Crippen LogP contribution in [-0.2, 0) is 22.1 Å². The fourth-order valence-electron chi connectivity index (χ4n) is 3.87. The molecule has 4 aromatic rings. The first-order valence-corrected chi connectivity index (χ1v) is 12.9. The largest absolute Gasteiger partial charge is 0.493 e. The summed E-state index contributed by atoms with van der Waals surface area (Å²) in [7, 11) is -2.05. The summed E-state index contributed by atoms with van der Waals surface area (Å²) in [5.74, 6) is 1.17. The Bertz CT molecular complexity index is 1430. The van der Waals surface area contributed by atoms with Crippen molar-refractivity contribution in [1.82, 2.24) is 9.55 Å². The van der Waals surface area contributed by atoms with Gasteiger partial charge in [-0.3, -0.25) is 0 Å². The lowest BCUT2D eigenvalue weighted by Crippen LogP contribution is -2.25. The molecule has 7 nitrogen and oxygen atoms in total. The van der Waals surface area contributed by atoms with E-state index in [1.165, 1.54) is 0 Å². The Kier molecular flexibility index (Phi) is 7.53. The van der Waals surface area contributed by atoms with Crippen molar-refractivity contribution in [2.75, 3.05) is 13.7 Å². The topological polar surface area (TPSA) is 90.7 Å². The molecule has 0 aliphatic heterocycles. The van der Waals surface area contributed by atoms with Crippen molar-refractivity contribution in [3.63, 3.8) is 0 Å². The average Bonchev–Trinajstić information content (AvgIpc) is 3.19. The number of methoxy groups -OCH3 is 1. The second kappa shape index (κ2) is 10.8. The second-order valence-electron chi connectivity index (χ2n) is 8.07. The molecule has 0 aliphatic rings. The number of benzene rings is 3. The zero-order valence-electron chi connectivity index (χ0n) is 19.7. The summed E-state index contributed by atoms with van der Waals surface area (Å²) in [5, 5.41) is 10.8. The standard InChI is InChI=1S/C27H28N2O5S/c1-3-9-20-14-15-25(26(16-20)33-2)34-18-21(30)17-29-24-13-8-7-12-23(24)28-27(29)19-35(31,32)22-10-5-4-6-11-22/h3-16,21,30H,17-19H2,1-2H3. The summed E-state index contributed by atoms with van der Waals surface area (Å²) >= 11 is 0. The molecule has 3 aromatic carbocycles. The number of aliphatic hydroxyl groups is 1. The van der Waals surface area contributed by atoms with E-state index in [2.05, 4.69) is 4.98 Å². The van der Waals surface area contributed by atoms with E-state index in [4.69, 9.17) is 9.47 Å². The lowest BCUT2D eigenvalue weighted by atomic mass is 10.2. The highest BCUT2D eigenvalue weighted by molar-refractivity contribution is 7.90. The van der Waals surface area contributed by atoms with Gasteiger partial charge in [0.15, 0.2) is 21.3 Å². The predicted octanol–water partition coefficient (Wildman–Crippen LogP) is 4.49. The number of aliphatic hydroxyl groups excluding tert-OH is 1. The minimum Gasteiger partial charge on any atom is -0.493 e. The zero-order chi connectivity index (χ0) is 24.8. The maximum absolute atomic E-state index is 13.0. The number of imidazole rings is 1. The molecule has 0 radical (unpaired) electrons. The Morgan fingerprint density at radius 3 is 2.51 bits per heavy atom. The molecule has 182 valence electrons. The number of hydrogen-bond acceptors (Lipinski definition) is 6. The number of sulfone groups is 1. The van der Waals surface area contributed by atoms with Crippen molar-refractivity contribution in [2.45, 2.75) is 30.2 Å². The van der Waals surface area contributed by atoms with Crippen molar-refractivity contribution < 1.29 is 23.0 Å². The first-order chi connectivity index (χ1) is 16.9. The van der Waals surface area contributed by atoms with E-state index in [0.29, 0.717) is 22.8 Å². The third-order valence-corrected chi connectivity index (χ3v) is 7.16. The number of aromatic nitrogens is 2. The van der Waals surface area contributed by atoms with Gasteiger partial charge in [-0.1, -0.05) is 48.6 Å². The van der Waals surface area contributed by atoms with Crippen LogP contribution >= 0.6 is 0 Å². The highest BCUT2D eigenvalue weighted by Gasteiger charge is 2.22. The molecule has 4 rings (SSSR count). The zero-order valence-corrected chi connectivity index (χ0v) is 20.5. The van der Waals surface area contributed by atoms with Gasteiger partial charge in [-0.2, -0.15) is 0 Å². The molecule has 0 aliphatic carbocycles. The number of rotatable bonds is 10. The van der Waals surface area contributed by atoms with E-state index in [0.717, 1.165) is 11.1 Å². The molecule has 0 fully saturated rings. The van der Waals surface area contributed by atoms with Gasteiger partial charge in [-0.25, -0.2) is 13.4 Å². The number of para-hydroxylation sites is 2. The van der Waals surface area contributed by atoms with Gasteiger partial charge in [-0.15, -0.1) is 0 Å². The minimum atomic E-state index is -3.61. The van der Waals surface area contributed by atoms with Crippen LogP contribution in [0.4, 0.5) is 0 Å². The molecule has 0 saturated carbocycles. The first-order valence-electron chi connectivity index (χ1n) is 11.2. The van der Waals surface area contributed by atoms with Crippen molar-refractivity contribution in [3.05, 3.63) is 90.3 Å². The fourth-order valence-corrected chi connectivity index (χ4v) is 5.17. The number of ether oxygens (including phenoxy) is 2. The smallest absolute Gasteiger partial charge is 0.185 e. The summed E-state index contributed by atoms with van der Waals surface area (Å²) in [4.78, 5) is 4.79. The Hall–Kier alpha value is -3.62. The number of nitrogens with zero attached hydrogens (tertiary/aromatic N) is 2. The molecule has 1 N–H and O–H groups in total. The van der Waals surface area contributed by atoms with Gasteiger partial charge in [0.05, 0.1) is 29.6 Å². The van der Waals surface area contributed by atoms with Crippen LogP contribution in [0.3, 0.4) is 0 Å². The molecule has 0 saturated heterocycles. The van der Waals surface area contributed by atoms with E-state index in [-0.39, 0.29) is 23.8 Å². The monoisotopic (exact) mass is 492 g/mol. The third-order valence-electron chi connectivity index (χ3n) is 5.53. The van der Waals surface area contributed by atoms with Gasteiger partial charge in [0, 0.05) is 0 Å². The van der Waals surface area contributed by atoms with Crippen molar-refractivity contribution in [1.29, 1.82) is 0 Å². The van der Waals surface area contributed by atoms with Gasteiger partial charge in [-0.05, 0) is 48.9 Å². The van der Waals surface area contributed by atoms with Crippen molar-refractivity contribution >= 4 is 26.9 Å². The van der Waals surface area contributed by atoms with Crippen LogP contribution in [0, 0.1) is 0 Å². The summed E-state index contributed by atoms with van der Waals surface area (Å²) in [6.07, 6.45) is 2.98. The Morgan fingerprint density at radius 1 is 1.03 bits per heavy atom. The molecule has 0 spiro atoms. The molecular formula is C27H28N2O5S. The van der Waals surface area contributed by atoms with Crippen LogP contribution in [0.25, 0.3) is 17.1 Å². The van der Waals surface area contributed by atoms with Gasteiger partial charge < -0.3 is 19.1 Å². The number of allylic oxidation sites excluding steroid dienone is 1. The Balaban J connectivity index is 1.55. The van der Waals surface area contributed by atoms with Crippen molar-refractivity contribution in [2.24, 2.45) is 0 Å². The van der Waals surface area contributed by atoms with E-state index < -0.39 is 15.9 Å². The quantitative estimate of drug-likeness (QED) is 0.351. The normalized spacial score (nSPS) is 12.8. The van der Waals surface area contributed by atoms with Gasteiger partial charge in [0.25, 0.3) is 0 Å². The maximum Gasteiger partial charge on any atom is 0.185 e. The summed E-state index contributed by atoms with van der Waals surface area (Å²) < 4.78 is 39.0. The molecule has 1 heterocycles. The number of hydrogen-bond donors (Lipinski definition) is 1. The van der Waals surface area contributed by atoms with Crippen LogP contribution in [0.5, 0.6) is 11.5 Å². The first kappa shape index (κ1) is 24.5. The molecule has 1 unspecified atom stereocenters. The highest BCUT2D eigenvalue weighted by Crippen LogP contribution is 2.29. The lowest BCUT2D eigenvalue weighted by molar-refractivity contribution is 0.0913. The summed E-state index contributed by atoms with van der Waals surface area (Å²) in [5.41, 5.74) is 2.39. The summed E-state index contributed by atoms with van der Waals surface area (Å²) in [6.45, 7) is 2.06. The molecule has 0 bridgehead atoms. The van der Waals surface area contributed by atoms with E-state index in [1.54, 1.807) is 48.1 Å².